The predicted molar refractivity (Wildman–Crippen MR) is 77.0 cm³/mol. The minimum absolute atomic E-state index is 0.0138. The van der Waals surface area contributed by atoms with Crippen molar-refractivity contribution in [1.82, 2.24) is 10.2 Å². The molecule has 0 bridgehead atoms. The molecule has 1 aromatic carbocycles. The molecule has 0 saturated carbocycles. The lowest BCUT2D eigenvalue weighted by molar-refractivity contribution is -0.138. The number of aromatic nitrogens is 2. The van der Waals surface area contributed by atoms with Gasteiger partial charge in [0.15, 0.2) is 5.56 Å². The first kappa shape index (κ1) is 16.8. The van der Waals surface area contributed by atoms with E-state index in [1.807, 2.05) is 5.32 Å². The Hall–Kier alpha value is -3.02. The van der Waals surface area contributed by atoms with Gasteiger partial charge in [0.2, 0.25) is 10.1 Å². The van der Waals surface area contributed by atoms with E-state index in [2.05, 4.69) is 10.2 Å². The molecule has 12 heteroatoms. The van der Waals surface area contributed by atoms with E-state index in [0.717, 1.165) is 6.07 Å². The summed E-state index contributed by atoms with van der Waals surface area (Å²) in [4.78, 5) is 23.9. The standard InChI is InChI=1S/C13H5F4N3O4S/c14-4-2-1-3-5-6(4)8(21)7(10(23)24-5)9(22)18-12-20-19-11(25-12)13(15,16)17/h1-3,21H,(H,18,20,22). The molecular weight excluding hydrogens is 370 g/mol. The Morgan fingerprint density at radius 3 is 2.64 bits per heavy atom. The van der Waals surface area contributed by atoms with Gasteiger partial charge in [-0.25, -0.2) is 9.18 Å². The summed E-state index contributed by atoms with van der Waals surface area (Å²) in [6, 6.07) is 3.38. The summed E-state index contributed by atoms with van der Waals surface area (Å²) in [5.74, 6) is -3.27. The van der Waals surface area contributed by atoms with Gasteiger partial charge in [-0.05, 0) is 12.1 Å². The van der Waals surface area contributed by atoms with Gasteiger partial charge in [-0.3, -0.25) is 10.1 Å². The highest BCUT2D eigenvalue weighted by atomic mass is 32.1. The van der Waals surface area contributed by atoms with E-state index in [1.54, 1.807) is 0 Å². The number of hydrogen-bond donors (Lipinski definition) is 2. The smallest absolute Gasteiger partial charge is 0.445 e. The second-order valence-corrected chi connectivity index (χ2v) is 5.57. The maximum absolute atomic E-state index is 13.8. The molecule has 2 heterocycles. The minimum atomic E-state index is -4.76. The monoisotopic (exact) mass is 375 g/mol. The summed E-state index contributed by atoms with van der Waals surface area (Å²) in [7, 11) is 0. The Morgan fingerprint density at radius 2 is 2.00 bits per heavy atom. The van der Waals surface area contributed by atoms with Gasteiger partial charge < -0.3 is 9.52 Å². The highest BCUT2D eigenvalue weighted by Gasteiger charge is 2.36. The van der Waals surface area contributed by atoms with Gasteiger partial charge in [-0.15, -0.1) is 10.2 Å². The van der Waals surface area contributed by atoms with Crippen LogP contribution in [0.3, 0.4) is 0 Å². The van der Waals surface area contributed by atoms with E-state index in [0.29, 0.717) is 0 Å². The zero-order chi connectivity index (χ0) is 18.4. The fraction of sp³-hybridized carbons (Fsp3) is 0.0769. The molecule has 1 amide bonds. The third-order valence-electron chi connectivity index (χ3n) is 2.97. The number of fused-ring (bicyclic) bond motifs is 1. The van der Waals surface area contributed by atoms with E-state index in [4.69, 9.17) is 4.42 Å². The van der Waals surface area contributed by atoms with Crippen LogP contribution in [-0.4, -0.2) is 21.2 Å². The fourth-order valence-corrected chi connectivity index (χ4v) is 2.55. The molecule has 0 fully saturated rings. The van der Waals surface area contributed by atoms with Crippen molar-refractivity contribution in [3.8, 4) is 5.75 Å². The molecule has 0 saturated heterocycles. The van der Waals surface area contributed by atoms with Crippen molar-refractivity contribution >= 4 is 33.3 Å². The molecule has 3 aromatic rings. The molecule has 3 rings (SSSR count). The third-order valence-corrected chi connectivity index (χ3v) is 3.85. The quantitative estimate of drug-likeness (QED) is 0.527. The van der Waals surface area contributed by atoms with Gasteiger partial charge in [0, 0.05) is 0 Å². The van der Waals surface area contributed by atoms with Crippen LogP contribution < -0.4 is 10.9 Å². The summed E-state index contributed by atoms with van der Waals surface area (Å²) >= 11 is 0.0138. The molecule has 0 spiro atoms. The third kappa shape index (κ3) is 3.03. The van der Waals surface area contributed by atoms with E-state index in [1.165, 1.54) is 12.1 Å². The number of anilines is 1. The van der Waals surface area contributed by atoms with Crippen molar-refractivity contribution in [2.45, 2.75) is 6.18 Å². The molecule has 0 aliphatic carbocycles. The molecular formula is C13H5F4N3O4S. The van der Waals surface area contributed by atoms with Gasteiger partial charge >= 0.3 is 11.8 Å². The highest BCUT2D eigenvalue weighted by Crippen LogP contribution is 2.34. The van der Waals surface area contributed by atoms with E-state index >= 15 is 0 Å². The maximum atomic E-state index is 13.8. The molecule has 0 unspecified atom stereocenters. The number of halogens is 4. The molecule has 25 heavy (non-hydrogen) atoms. The average molecular weight is 375 g/mol. The molecule has 7 nitrogen and oxygen atoms in total. The summed E-state index contributed by atoms with van der Waals surface area (Å²) in [6.07, 6.45) is -4.76. The van der Waals surface area contributed by atoms with Crippen molar-refractivity contribution in [2.75, 3.05) is 5.32 Å². The van der Waals surface area contributed by atoms with Crippen LogP contribution in [0.25, 0.3) is 11.0 Å². The summed E-state index contributed by atoms with van der Waals surface area (Å²) in [5, 5.41) is 15.5. The molecule has 130 valence electrons. The van der Waals surface area contributed by atoms with E-state index in [9.17, 15) is 32.3 Å². The van der Waals surface area contributed by atoms with Crippen LogP contribution in [0.1, 0.15) is 15.4 Å². The number of nitrogens with one attached hydrogen (secondary N) is 1. The number of alkyl halides is 3. The van der Waals surface area contributed by atoms with Crippen molar-refractivity contribution < 1.29 is 31.9 Å². The second kappa shape index (κ2) is 5.81. The number of carbonyl (C=O) groups is 1. The SMILES string of the molecule is O=C(Nc1nnc(C(F)(F)F)s1)c1c(O)c2c(F)cccc2oc1=O. The topological polar surface area (TPSA) is 105 Å². The molecule has 0 radical (unpaired) electrons. The van der Waals surface area contributed by atoms with Gasteiger partial charge in [0.1, 0.15) is 17.1 Å². The Bertz CT molecular complexity index is 1040. The highest BCUT2D eigenvalue weighted by molar-refractivity contribution is 7.15. The summed E-state index contributed by atoms with van der Waals surface area (Å²) in [6.45, 7) is 0. The first-order valence-corrected chi connectivity index (χ1v) is 7.16. The van der Waals surface area contributed by atoms with Gasteiger partial charge in [-0.1, -0.05) is 17.4 Å². The zero-order valence-corrected chi connectivity index (χ0v) is 12.5. The molecule has 0 aliphatic rings. The van der Waals surface area contributed by atoms with Crippen molar-refractivity contribution in [1.29, 1.82) is 0 Å². The van der Waals surface area contributed by atoms with Crippen LogP contribution in [0.4, 0.5) is 22.7 Å². The van der Waals surface area contributed by atoms with Crippen LogP contribution in [-0.2, 0) is 6.18 Å². The average Bonchev–Trinajstić information content (AvgIpc) is 2.95. The summed E-state index contributed by atoms with van der Waals surface area (Å²) in [5.41, 5.74) is -2.57. The number of aromatic hydroxyl groups is 1. The lowest BCUT2D eigenvalue weighted by atomic mass is 10.1. The molecule has 0 atom stereocenters. The number of rotatable bonds is 2. The number of carbonyl (C=O) groups excluding carboxylic acids is 1. The molecule has 2 aromatic heterocycles. The van der Waals surface area contributed by atoms with E-state index < -0.39 is 50.4 Å². The fourth-order valence-electron chi connectivity index (χ4n) is 1.94. The Labute approximate surface area is 138 Å². The van der Waals surface area contributed by atoms with Crippen LogP contribution in [0.5, 0.6) is 5.75 Å². The van der Waals surface area contributed by atoms with Crippen molar-refractivity contribution in [3.63, 3.8) is 0 Å². The number of hydrogen-bond acceptors (Lipinski definition) is 7. The molecule has 0 aliphatic heterocycles. The normalized spacial score (nSPS) is 11.7. The first-order valence-electron chi connectivity index (χ1n) is 6.35. The zero-order valence-electron chi connectivity index (χ0n) is 11.7. The number of nitrogens with zero attached hydrogens (tertiary/aromatic N) is 2. The number of benzene rings is 1. The number of amides is 1. The Balaban J connectivity index is 2.02. The lowest BCUT2D eigenvalue weighted by Gasteiger charge is -2.06. The minimum Gasteiger partial charge on any atom is -0.506 e. The van der Waals surface area contributed by atoms with Crippen molar-refractivity contribution in [3.05, 3.63) is 45.0 Å². The second-order valence-electron chi connectivity index (χ2n) is 4.59. The summed E-state index contributed by atoms with van der Waals surface area (Å²) < 4.78 is 55.9. The van der Waals surface area contributed by atoms with Gasteiger partial charge in [-0.2, -0.15) is 13.2 Å². The van der Waals surface area contributed by atoms with Crippen molar-refractivity contribution in [2.24, 2.45) is 0 Å². The van der Waals surface area contributed by atoms with E-state index in [-0.39, 0.29) is 16.9 Å². The lowest BCUT2D eigenvalue weighted by Crippen LogP contribution is -2.21. The largest absolute Gasteiger partial charge is 0.506 e. The van der Waals surface area contributed by atoms with Crippen LogP contribution in [0, 0.1) is 5.82 Å². The van der Waals surface area contributed by atoms with Gasteiger partial charge in [0.25, 0.3) is 5.91 Å². The van der Waals surface area contributed by atoms with Crippen LogP contribution >= 0.6 is 11.3 Å². The Kier molecular flexibility index (Phi) is 3.91. The van der Waals surface area contributed by atoms with Crippen LogP contribution in [0.2, 0.25) is 0 Å². The maximum Gasteiger partial charge on any atom is 0.445 e. The first-order chi connectivity index (χ1) is 11.7. The Morgan fingerprint density at radius 1 is 1.28 bits per heavy atom. The van der Waals surface area contributed by atoms with Gasteiger partial charge in [0.05, 0.1) is 5.39 Å². The van der Waals surface area contributed by atoms with Crippen LogP contribution in [0.15, 0.2) is 27.4 Å². The molecule has 2 N–H and O–H groups in total. The predicted octanol–water partition coefficient (Wildman–Crippen LogP) is 2.76.